The van der Waals surface area contributed by atoms with Crippen molar-refractivity contribution in [1.82, 2.24) is 9.78 Å². The summed E-state index contributed by atoms with van der Waals surface area (Å²) in [5.74, 6) is 1.91. The molecule has 4 heteroatoms. The SMILES string of the molecule is Brc1ccc(-n2nc(C3CCCC3)c3c2NCCCC3)cc1. The van der Waals surface area contributed by atoms with Gasteiger partial charge in [-0.15, -0.1) is 0 Å². The van der Waals surface area contributed by atoms with E-state index in [1.165, 1.54) is 62.0 Å². The second-order valence-electron chi connectivity index (χ2n) is 6.47. The quantitative estimate of drug-likeness (QED) is 0.813. The Labute approximate surface area is 140 Å². The van der Waals surface area contributed by atoms with Crippen LogP contribution >= 0.6 is 15.9 Å². The van der Waals surface area contributed by atoms with Gasteiger partial charge in [-0.3, -0.25) is 0 Å². The first kappa shape index (κ1) is 14.3. The first-order valence-electron chi connectivity index (χ1n) is 8.44. The highest BCUT2D eigenvalue weighted by atomic mass is 79.9. The number of aromatic nitrogens is 2. The smallest absolute Gasteiger partial charge is 0.133 e. The van der Waals surface area contributed by atoms with Crippen molar-refractivity contribution in [2.75, 3.05) is 11.9 Å². The van der Waals surface area contributed by atoms with Crippen LogP contribution in [0.5, 0.6) is 0 Å². The van der Waals surface area contributed by atoms with Gasteiger partial charge in [0.25, 0.3) is 0 Å². The van der Waals surface area contributed by atoms with Crippen molar-refractivity contribution < 1.29 is 0 Å². The Morgan fingerprint density at radius 2 is 1.82 bits per heavy atom. The molecule has 0 bridgehead atoms. The van der Waals surface area contributed by atoms with Crippen LogP contribution in [0.15, 0.2) is 28.7 Å². The van der Waals surface area contributed by atoms with E-state index in [4.69, 9.17) is 5.10 Å². The van der Waals surface area contributed by atoms with E-state index in [2.05, 4.69) is 50.2 Å². The van der Waals surface area contributed by atoms with Crippen LogP contribution in [0.25, 0.3) is 5.69 Å². The molecule has 2 aliphatic rings. The Balaban J connectivity index is 1.81. The van der Waals surface area contributed by atoms with Gasteiger partial charge in [-0.1, -0.05) is 28.8 Å². The molecule has 1 N–H and O–H groups in total. The molecule has 0 saturated heterocycles. The molecule has 1 aliphatic heterocycles. The highest BCUT2D eigenvalue weighted by molar-refractivity contribution is 9.10. The minimum Gasteiger partial charge on any atom is -0.370 e. The molecule has 1 aromatic heterocycles. The van der Waals surface area contributed by atoms with E-state index in [0.717, 1.165) is 16.7 Å². The number of hydrogen-bond acceptors (Lipinski definition) is 2. The zero-order valence-electron chi connectivity index (χ0n) is 12.8. The molecule has 1 saturated carbocycles. The fourth-order valence-electron chi connectivity index (χ4n) is 3.83. The molecule has 0 spiro atoms. The number of halogens is 1. The molecule has 116 valence electrons. The molecule has 22 heavy (non-hydrogen) atoms. The number of nitrogens with one attached hydrogen (secondary N) is 1. The highest BCUT2D eigenvalue weighted by Gasteiger charge is 2.27. The van der Waals surface area contributed by atoms with E-state index >= 15 is 0 Å². The second kappa shape index (κ2) is 6.07. The summed E-state index contributed by atoms with van der Waals surface area (Å²) in [4.78, 5) is 0. The number of fused-ring (bicyclic) bond motifs is 1. The van der Waals surface area contributed by atoms with Crippen LogP contribution in [-0.2, 0) is 6.42 Å². The average Bonchev–Trinajstić information content (AvgIpc) is 3.10. The minimum atomic E-state index is 0.672. The van der Waals surface area contributed by atoms with Crippen molar-refractivity contribution in [2.45, 2.75) is 50.9 Å². The van der Waals surface area contributed by atoms with E-state index in [0.29, 0.717) is 5.92 Å². The van der Waals surface area contributed by atoms with Gasteiger partial charge in [0, 0.05) is 22.5 Å². The Bertz CT molecular complexity index is 654. The van der Waals surface area contributed by atoms with Gasteiger partial charge in [-0.2, -0.15) is 5.10 Å². The molecule has 0 unspecified atom stereocenters. The van der Waals surface area contributed by atoms with Crippen LogP contribution in [0.1, 0.15) is 55.7 Å². The minimum absolute atomic E-state index is 0.672. The maximum absolute atomic E-state index is 5.05. The lowest BCUT2D eigenvalue weighted by molar-refractivity contribution is 0.664. The van der Waals surface area contributed by atoms with Gasteiger partial charge in [0.2, 0.25) is 0 Å². The van der Waals surface area contributed by atoms with E-state index < -0.39 is 0 Å². The van der Waals surface area contributed by atoms with Crippen molar-refractivity contribution in [3.05, 3.63) is 40.0 Å². The summed E-state index contributed by atoms with van der Waals surface area (Å²) in [5.41, 5.74) is 4.00. The van der Waals surface area contributed by atoms with Crippen LogP contribution in [0.4, 0.5) is 5.82 Å². The van der Waals surface area contributed by atoms with Gasteiger partial charge >= 0.3 is 0 Å². The molecule has 4 rings (SSSR count). The third-order valence-corrected chi connectivity index (χ3v) is 5.50. The highest BCUT2D eigenvalue weighted by Crippen LogP contribution is 2.39. The fraction of sp³-hybridized carbons (Fsp3) is 0.500. The zero-order chi connectivity index (χ0) is 14.9. The zero-order valence-corrected chi connectivity index (χ0v) is 14.4. The second-order valence-corrected chi connectivity index (χ2v) is 7.38. The van der Waals surface area contributed by atoms with E-state index in [1.54, 1.807) is 0 Å². The van der Waals surface area contributed by atoms with Crippen LogP contribution in [0.2, 0.25) is 0 Å². The number of hydrogen-bond donors (Lipinski definition) is 1. The van der Waals surface area contributed by atoms with E-state index in [9.17, 15) is 0 Å². The van der Waals surface area contributed by atoms with Crippen molar-refractivity contribution in [3.8, 4) is 5.69 Å². The number of benzene rings is 1. The number of rotatable bonds is 2. The molecular weight excluding hydrogens is 338 g/mol. The lowest BCUT2D eigenvalue weighted by Gasteiger charge is -2.09. The molecule has 0 amide bonds. The summed E-state index contributed by atoms with van der Waals surface area (Å²) in [6.45, 7) is 1.05. The normalized spacial score (nSPS) is 18.8. The fourth-order valence-corrected chi connectivity index (χ4v) is 4.09. The predicted molar refractivity (Wildman–Crippen MR) is 93.9 cm³/mol. The third-order valence-electron chi connectivity index (χ3n) is 4.97. The molecular formula is C18H22BrN3. The maximum atomic E-state index is 5.05. The van der Waals surface area contributed by atoms with E-state index in [-0.39, 0.29) is 0 Å². The van der Waals surface area contributed by atoms with Gasteiger partial charge in [-0.25, -0.2) is 4.68 Å². The van der Waals surface area contributed by atoms with Crippen LogP contribution in [-0.4, -0.2) is 16.3 Å². The molecule has 2 heterocycles. The van der Waals surface area contributed by atoms with Gasteiger partial charge in [0.15, 0.2) is 0 Å². The maximum Gasteiger partial charge on any atom is 0.133 e. The standard InChI is InChI=1S/C18H22BrN3/c19-14-8-10-15(11-9-14)22-18-16(7-3-4-12-20-18)17(21-22)13-5-1-2-6-13/h8-11,13,20H,1-7,12H2. The lowest BCUT2D eigenvalue weighted by Crippen LogP contribution is -2.07. The van der Waals surface area contributed by atoms with Crippen molar-refractivity contribution >= 4 is 21.7 Å². The van der Waals surface area contributed by atoms with Crippen molar-refractivity contribution in [2.24, 2.45) is 0 Å². The van der Waals surface area contributed by atoms with Gasteiger partial charge in [0.1, 0.15) is 5.82 Å². The Kier molecular flexibility index (Phi) is 3.95. The Hall–Kier alpha value is -1.29. The number of anilines is 1. The third kappa shape index (κ3) is 2.58. The van der Waals surface area contributed by atoms with Gasteiger partial charge in [0.05, 0.1) is 11.4 Å². The summed E-state index contributed by atoms with van der Waals surface area (Å²) < 4.78 is 3.25. The van der Waals surface area contributed by atoms with E-state index in [1.807, 2.05) is 0 Å². The molecule has 1 aliphatic carbocycles. The predicted octanol–water partition coefficient (Wildman–Crippen LogP) is 5.04. The first-order chi connectivity index (χ1) is 10.8. The van der Waals surface area contributed by atoms with Crippen LogP contribution < -0.4 is 5.32 Å². The molecule has 1 fully saturated rings. The van der Waals surface area contributed by atoms with Crippen molar-refractivity contribution in [1.29, 1.82) is 0 Å². The summed E-state index contributed by atoms with van der Waals surface area (Å²) in [7, 11) is 0. The van der Waals surface area contributed by atoms with Gasteiger partial charge < -0.3 is 5.32 Å². The number of nitrogens with zero attached hydrogens (tertiary/aromatic N) is 2. The Morgan fingerprint density at radius 3 is 2.59 bits per heavy atom. The Morgan fingerprint density at radius 1 is 1.05 bits per heavy atom. The molecule has 2 aromatic rings. The molecule has 3 nitrogen and oxygen atoms in total. The summed E-state index contributed by atoms with van der Waals surface area (Å²) in [6, 6.07) is 8.47. The molecule has 1 aromatic carbocycles. The van der Waals surface area contributed by atoms with Crippen LogP contribution in [0, 0.1) is 0 Å². The lowest BCUT2D eigenvalue weighted by atomic mass is 9.97. The largest absolute Gasteiger partial charge is 0.370 e. The summed E-state index contributed by atoms with van der Waals surface area (Å²) >= 11 is 3.52. The van der Waals surface area contributed by atoms with Gasteiger partial charge in [-0.05, 0) is 56.4 Å². The summed E-state index contributed by atoms with van der Waals surface area (Å²) in [5, 5.41) is 8.69. The molecule has 0 atom stereocenters. The average molecular weight is 360 g/mol. The first-order valence-corrected chi connectivity index (χ1v) is 9.24. The summed E-state index contributed by atoms with van der Waals surface area (Å²) in [6.07, 6.45) is 9.03. The topological polar surface area (TPSA) is 29.9 Å². The molecule has 0 radical (unpaired) electrons. The van der Waals surface area contributed by atoms with Crippen LogP contribution in [0.3, 0.4) is 0 Å². The van der Waals surface area contributed by atoms with Crippen molar-refractivity contribution in [3.63, 3.8) is 0 Å². The monoisotopic (exact) mass is 359 g/mol.